The van der Waals surface area contributed by atoms with Crippen molar-refractivity contribution in [3.63, 3.8) is 0 Å². The number of hydrogen-bond donors (Lipinski definition) is 2. The molecule has 0 spiro atoms. The van der Waals surface area contributed by atoms with Gasteiger partial charge in [-0.25, -0.2) is 0 Å². The summed E-state index contributed by atoms with van der Waals surface area (Å²) in [6.07, 6.45) is 8.37. The minimum Gasteiger partial charge on any atom is -0.468 e. The van der Waals surface area contributed by atoms with E-state index in [-0.39, 0.29) is 5.97 Å². The summed E-state index contributed by atoms with van der Waals surface area (Å²) in [6, 6.07) is -0.583. The lowest BCUT2D eigenvalue weighted by atomic mass is 9.99. The minimum atomic E-state index is -3.67. The van der Waals surface area contributed by atoms with Crippen molar-refractivity contribution in [2.24, 2.45) is 5.73 Å². The lowest BCUT2D eigenvalue weighted by Gasteiger charge is -2.14. The lowest BCUT2D eigenvalue weighted by Crippen LogP contribution is -2.33. The van der Waals surface area contributed by atoms with Gasteiger partial charge in [0.1, 0.15) is 6.04 Å². The molecule has 0 amide bonds. The van der Waals surface area contributed by atoms with Crippen molar-refractivity contribution in [1.29, 1.82) is 0 Å². The number of esters is 1. The SMILES string of the molecule is COC(=O)[C@H](N)C1=CC=CCC1.CS(=O)(=O)O. The number of nitrogens with two attached hydrogens (primary N) is 1. The number of rotatable bonds is 2. The van der Waals surface area contributed by atoms with Gasteiger partial charge >= 0.3 is 5.97 Å². The first-order valence-electron chi connectivity index (χ1n) is 4.87. The first-order chi connectivity index (χ1) is 7.75. The topological polar surface area (TPSA) is 107 Å². The standard InChI is InChI=1S/C9H13NO2.CH4O3S/c1-12-9(11)8(10)7-5-3-2-4-6-7;1-5(2,3)4/h2-3,5,8H,4,6,10H2,1H3;1H3,(H,2,3,4)/t8-;/m1./s1. The molecule has 0 saturated carbocycles. The number of carbonyl (C=O) groups excluding carboxylic acids is 1. The summed E-state index contributed by atoms with van der Waals surface area (Å²) in [4.78, 5) is 11.0. The van der Waals surface area contributed by atoms with Gasteiger partial charge in [-0.3, -0.25) is 9.35 Å². The summed E-state index contributed by atoms with van der Waals surface area (Å²) in [5.74, 6) is -0.364. The van der Waals surface area contributed by atoms with E-state index in [1.807, 2.05) is 18.2 Å². The third kappa shape index (κ3) is 8.61. The van der Waals surface area contributed by atoms with Gasteiger partial charge in [-0.15, -0.1) is 0 Å². The van der Waals surface area contributed by atoms with E-state index in [2.05, 4.69) is 4.74 Å². The Bertz CT molecular complexity index is 402. The van der Waals surface area contributed by atoms with Crippen LogP contribution in [0.15, 0.2) is 23.8 Å². The predicted molar refractivity (Wildman–Crippen MR) is 63.9 cm³/mol. The highest BCUT2D eigenvalue weighted by atomic mass is 32.2. The molecular formula is C10H17NO5S. The second kappa shape index (κ2) is 7.21. The van der Waals surface area contributed by atoms with Crippen molar-refractivity contribution < 1.29 is 22.5 Å². The van der Waals surface area contributed by atoms with Crippen molar-refractivity contribution in [2.75, 3.05) is 13.4 Å². The Morgan fingerprint density at radius 3 is 2.47 bits per heavy atom. The number of allylic oxidation sites excluding steroid dienone is 3. The van der Waals surface area contributed by atoms with Crippen molar-refractivity contribution >= 4 is 16.1 Å². The zero-order valence-corrected chi connectivity index (χ0v) is 10.6. The fourth-order valence-electron chi connectivity index (χ4n) is 1.16. The molecule has 6 nitrogen and oxygen atoms in total. The molecule has 98 valence electrons. The van der Waals surface area contributed by atoms with Crippen LogP contribution >= 0.6 is 0 Å². The fraction of sp³-hybridized carbons (Fsp3) is 0.500. The van der Waals surface area contributed by atoms with E-state index in [1.165, 1.54) is 7.11 Å². The van der Waals surface area contributed by atoms with Gasteiger partial charge < -0.3 is 10.5 Å². The van der Waals surface area contributed by atoms with E-state index in [4.69, 9.17) is 10.3 Å². The molecule has 3 N–H and O–H groups in total. The van der Waals surface area contributed by atoms with Gasteiger partial charge in [0.05, 0.1) is 13.4 Å². The summed E-state index contributed by atoms with van der Waals surface area (Å²) >= 11 is 0. The molecule has 1 atom stereocenters. The van der Waals surface area contributed by atoms with Gasteiger partial charge in [-0.05, 0) is 18.4 Å². The Kier molecular flexibility index (Phi) is 6.71. The highest BCUT2D eigenvalue weighted by Gasteiger charge is 2.18. The highest BCUT2D eigenvalue weighted by Crippen LogP contribution is 2.14. The van der Waals surface area contributed by atoms with Gasteiger partial charge in [0.25, 0.3) is 10.1 Å². The van der Waals surface area contributed by atoms with Gasteiger partial charge in [0.15, 0.2) is 0 Å². The van der Waals surface area contributed by atoms with Crippen LogP contribution in [0.25, 0.3) is 0 Å². The number of methoxy groups -OCH3 is 1. The van der Waals surface area contributed by atoms with Crippen LogP contribution in [0.3, 0.4) is 0 Å². The zero-order valence-electron chi connectivity index (χ0n) is 9.79. The Hall–Kier alpha value is -1.18. The molecule has 0 bridgehead atoms. The minimum absolute atomic E-state index is 0.364. The number of carbonyl (C=O) groups is 1. The Balaban J connectivity index is 0.000000437. The molecular weight excluding hydrogens is 246 g/mol. The smallest absolute Gasteiger partial charge is 0.326 e. The van der Waals surface area contributed by atoms with Gasteiger partial charge in [0, 0.05) is 0 Å². The molecule has 1 aliphatic rings. The molecule has 0 radical (unpaired) electrons. The van der Waals surface area contributed by atoms with E-state index in [1.54, 1.807) is 0 Å². The molecule has 0 aromatic carbocycles. The van der Waals surface area contributed by atoms with Crippen LogP contribution in [0.1, 0.15) is 12.8 Å². The van der Waals surface area contributed by atoms with E-state index in [9.17, 15) is 13.2 Å². The Morgan fingerprint density at radius 2 is 2.12 bits per heavy atom. The average Bonchev–Trinajstić information content (AvgIpc) is 2.26. The van der Waals surface area contributed by atoms with Crippen LogP contribution in [0.5, 0.6) is 0 Å². The molecule has 0 fully saturated rings. The first-order valence-corrected chi connectivity index (χ1v) is 6.72. The van der Waals surface area contributed by atoms with Crippen LogP contribution in [-0.4, -0.2) is 38.3 Å². The maximum atomic E-state index is 11.0. The van der Waals surface area contributed by atoms with Gasteiger partial charge in [0.2, 0.25) is 0 Å². The molecule has 0 unspecified atom stereocenters. The third-order valence-electron chi connectivity index (χ3n) is 1.90. The highest BCUT2D eigenvalue weighted by molar-refractivity contribution is 7.85. The molecule has 7 heteroatoms. The molecule has 1 aliphatic carbocycles. The molecule has 0 aliphatic heterocycles. The quantitative estimate of drug-likeness (QED) is 0.547. The Morgan fingerprint density at radius 1 is 1.59 bits per heavy atom. The van der Waals surface area contributed by atoms with E-state index in [0.29, 0.717) is 6.26 Å². The Labute approximate surface area is 101 Å². The fourth-order valence-corrected chi connectivity index (χ4v) is 1.16. The van der Waals surface area contributed by atoms with Gasteiger partial charge in [-0.1, -0.05) is 18.2 Å². The predicted octanol–water partition coefficient (Wildman–Crippen LogP) is 0.267. The number of ether oxygens (including phenoxy) is 1. The maximum absolute atomic E-state index is 11.0. The molecule has 0 saturated heterocycles. The zero-order chi connectivity index (χ0) is 13.5. The normalized spacial score (nSPS) is 16.4. The molecule has 0 aromatic heterocycles. The monoisotopic (exact) mass is 263 g/mol. The maximum Gasteiger partial charge on any atom is 0.326 e. The van der Waals surface area contributed by atoms with Crippen molar-refractivity contribution in [2.45, 2.75) is 18.9 Å². The molecule has 0 aromatic rings. The van der Waals surface area contributed by atoms with Crippen LogP contribution in [0.2, 0.25) is 0 Å². The van der Waals surface area contributed by atoms with Crippen LogP contribution < -0.4 is 5.73 Å². The van der Waals surface area contributed by atoms with Crippen molar-refractivity contribution in [3.05, 3.63) is 23.8 Å². The van der Waals surface area contributed by atoms with Crippen LogP contribution in [0, 0.1) is 0 Å². The average molecular weight is 263 g/mol. The first kappa shape index (κ1) is 15.8. The summed E-state index contributed by atoms with van der Waals surface area (Å²) in [5.41, 5.74) is 6.57. The van der Waals surface area contributed by atoms with Gasteiger partial charge in [-0.2, -0.15) is 8.42 Å². The van der Waals surface area contributed by atoms with E-state index in [0.717, 1.165) is 18.4 Å². The number of hydrogen-bond acceptors (Lipinski definition) is 5. The second-order valence-corrected chi connectivity index (χ2v) is 4.91. The van der Waals surface area contributed by atoms with Crippen molar-refractivity contribution in [1.82, 2.24) is 0 Å². The molecule has 17 heavy (non-hydrogen) atoms. The summed E-state index contributed by atoms with van der Waals surface area (Å²) in [7, 11) is -2.32. The van der Waals surface area contributed by atoms with Crippen LogP contribution in [0.4, 0.5) is 0 Å². The van der Waals surface area contributed by atoms with Crippen molar-refractivity contribution in [3.8, 4) is 0 Å². The second-order valence-electron chi connectivity index (χ2n) is 3.44. The third-order valence-corrected chi connectivity index (χ3v) is 1.90. The lowest BCUT2D eigenvalue weighted by molar-refractivity contribution is -0.141. The molecule has 1 rings (SSSR count). The summed E-state index contributed by atoms with van der Waals surface area (Å²) in [5, 5.41) is 0. The summed E-state index contributed by atoms with van der Waals surface area (Å²) in [6.45, 7) is 0. The molecule has 0 heterocycles. The largest absolute Gasteiger partial charge is 0.468 e. The van der Waals surface area contributed by atoms with E-state index < -0.39 is 16.2 Å². The van der Waals surface area contributed by atoms with Crippen LogP contribution in [-0.2, 0) is 19.6 Å². The summed E-state index contributed by atoms with van der Waals surface area (Å²) < 4.78 is 30.4. The van der Waals surface area contributed by atoms with E-state index >= 15 is 0 Å².